The monoisotopic (exact) mass is 429 g/mol. The van der Waals surface area contributed by atoms with Crippen LogP contribution in [0.2, 0.25) is 0 Å². The van der Waals surface area contributed by atoms with Crippen LogP contribution in [0.25, 0.3) is 0 Å². The number of nitrogens with two attached hydrogens (primary N) is 2. The third kappa shape index (κ3) is 4.95. The normalized spacial score (nSPS) is 14.2. The van der Waals surface area contributed by atoms with Crippen LogP contribution in [0.3, 0.4) is 0 Å². The van der Waals surface area contributed by atoms with Crippen LogP contribution in [0.5, 0.6) is 5.75 Å². The van der Waals surface area contributed by atoms with Crippen LogP contribution in [0, 0.1) is 5.82 Å². The molecule has 5 N–H and O–H groups in total. The number of rotatable bonds is 8. The molecule has 0 bridgehead atoms. The zero-order valence-electron chi connectivity index (χ0n) is 15.9. The number of hydrogen-bond donors (Lipinski definition) is 3. The molecule has 2 unspecified atom stereocenters. The van der Waals surface area contributed by atoms with Gasteiger partial charge in [-0.05, 0) is 37.4 Å². The van der Waals surface area contributed by atoms with E-state index < -0.39 is 35.1 Å². The summed E-state index contributed by atoms with van der Waals surface area (Å²) in [6.07, 6.45) is 1.75. The zero-order valence-corrected chi connectivity index (χ0v) is 17.0. The van der Waals surface area contributed by atoms with Crippen molar-refractivity contribution < 1.29 is 23.0 Å². The van der Waals surface area contributed by atoms with Crippen molar-refractivity contribution >= 4 is 20.9 Å². The Kier molecular flexibility index (Phi) is 7.05. The molecule has 0 radical (unpaired) electrons. The van der Waals surface area contributed by atoms with E-state index in [9.17, 15) is 9.50 Å². The molecule has 1 heterocycles. The van der Waals surface area contributed by atoms with E-state index in [1.165, 1.54) is 12.1 Å². The number of pyridine rings is 1. The van der Waals surface area contributed by atoms with Crippen molar-refractivity contribution in [3.8, 4) is 5.75 Å². The Balaban J connectivity index is 2.56. The van der Waals surface area contributed by atoms with Gasteiger partial charge < -0.3 is 15.7 Å². The lowest BCUT2D eigenvalue weighted by Gasteiger charge is -2.38. The number of nitrogens with zero attached hydrogens (tertiary/aromatic N) is 3. The molecule has 1 aromatic heterocycles. The number of halogens is 3. The smallest absolute Gasteiger partial charge is 0.323 e. The Hall–Kier alpha value is -2.42. The zero-order chi connectivity index (χ0) is 21.8. The third-order valence-corrected chi connectivity index (χ3v) is 4.37. The predicted molar refractivity (Wildman–Crippen MR) is 107 cm³/mol. The van der Waals surface area contributed by atoms with Crippen LogP contribution in [0.1, 0.15) is 25.1 Å². The summed E-state index contributed by atoms with van der Waals surface area (Å²) in [5.74, 6) is 5.78. The van der Waals surface area contributed by atoms with Crippen molar-refractivity contribution in [2.45, 2.75) is 31.5 Å². The number of hydrogen-bond acceptors (Lipinski definition) is 6. The van der Waals surface area contributed by atoms with E-state index >= 15 is 8.78 Å². The number of hydrazine groups is 1. The molecule has 7 nitrogen and oxygen atoms in total. The van der Waals surface area contributed by atoms with Crippen LogP contribution in [-0.2, 0) is 11.5 Å². The summed E-state index contributed by atoms with van der Waals surface area (Å²) in [5.41, 5.74) is -4.53. The maximum Gasteiger partial charge on any atom is 0.323 e. The van der Waals surface area contributed by atoms with E-state index in [2.05, 4.69) is 19.3 Å². The summed E-state index contributed by atoms with van der Waals surface area (Å²) in [5, 5.41) is 15.2. The molecule has 2 rings (SSSR count). The van der Waals surface area contributed by atoms with Crippen LogP contribution < -0.4 is 21.7 Å². The van der Waals surface area contributed by atoms with Gasteiger partial charge in [0, 0.05) is 5.56 Å². The molecule has 158 valence electrons. The quantitative estimate of drug-likeness (QED) is 0.193. The highest BCUT2D eigenvalue weighted by molar-refractivity contribution is 7.27. The first-order valence-electron chi connectivity index (χ1n) is 8.55. The summed E-state index contributed by atoms with van der Waals surface area (Å²) in [4.78, 5) is 3.72. The number of aromatic nitrogens is 1. The molecule has 11 heteroatoms. The van der Waals surface area contributed by atoms with Crippen molar-refractivity contribution in [1.82, 2.24) is 9.99 Å². The van der Waals surface area contributed by atoms with Gasteiger partial charge in [-0.15, -0.1) is 9.24 Å². The highest BCUT2D eigenvalue weighted by Crippen LogP contribution is 2.46. The van der Waals surface area contributed by atoms with Gasteiger partial charge in [0.1, 0.15) is 23.6 Å². The number of hydrazone groups is 1. The van der Waals surface area contributed by atoms with Crippen LogP contribution in [-0.4, -0.2) is 34.1 Å². The summed E-state index contributed by atoms with van der Waals surface area (Å²) in [7, 11) is 2.24. The largest absolute Gasteiger partial charge is 0.489 e. The number of ether oxygens (including phenoxy) is 1. The maximum atomic E-state index is 15.5. The van der Waals surface area contributed by atoms with E-state index in [0.29, 0.717) is 10.3 Å². The van der Waals surface area contributed by atoms with Crippen LogP contribution in [0.15, 0.2) is 41.6 Å². The third-order valence-electron chi connectivity index (χ3n) is 4.01. The molecule has 29 heavy (non-hydrogen) atoms. The Labute approximate surface area is 168 Å². The Morgan fingerprint density at radius 2 is 2.03 bits per heavy atom. The van der Waals surface area contributed by atoms with Crippen molar-refractivity contribution in [2.24, 2.45) is 16.8 Å². The highest BCUT2D eigenvalue weighted by atomic mass is 31.0. The molecular formula is C18H23F3N5O2P. The summed E-state index contributed by atoms with van der Waals surface area (Å²) in [6.45, 7) is 2.63. The lowest BCUT2D eigenvalue weighted by atomic mass is 9.84. The van der Waals surface area contributed by atoms with Gasteiger partial charge in [-0.1, -0.05) is 12.1 Å². The van der Waals surface area contributed by atoms with E-state index in [1.54, 1.807) is 13.8 Å². The number of alkyl halides is 2. The molecule has 0 aliphatic rings. The average molecular weight is 429 g/mol. The second kappa shape index (κ2) is 8.94. The van der Waals surface area contributed by atoms with Crippen molar-refractivity contribution in [3.05, 3.63) is 53.6 Å². The molecule has 0 aliphatic carbocycles. The molecular weight excluding hydrogens is 406 g/mol. The van der Waals surface area contributed by atoms with Crippen molar-refractivity contribution in [3.63, 3.8) is 0 Å². The molecule has 0 saturated heterocycles. The molecule has 0 saturated carbocycles. The van der Waals surface area contributed by atoms with Gasteiger partial charge >= 0.3 is 5.92 Å². The summed E-state index contributed by atoms with van der Waals surface area (Å²) < 4.78 is 50.9. The van der Waals surface area contributed by atoms with Gasteiger partial charge in [0.05, 0.1) is 18.8 Å². The molecule has 0 aliphatic heterocycles. The van der Waals surface area contributed by atoms with Crippen molar-refractivity contribution in [1.29, 1.82) is 0 Å². The van der Waals surface area contributed by atoms with Gasteiger partial charge in [0.25, 0.3) is 0 Å². The predicted octanol–water partition coefficient (Wildman–Crippen LogP) is 1.57. The minimum absolute atomic E-state index is 0.180. The van der Waals surface area contributed by atoms with Gasteiger partial charge in [-0.25, -0.2) is 10.2 Å². The highest BCUT2D eigenvalue weighted by Gasteiger charge is 2.58. The Morgan fingerprint density at radius 3 is 2.55 bits per heavy atom. The topological polar surface area (TPSA) is 110 Å². The maximum absolute atomic E-state index is 15.5. The van der Waals surface area contributed by atoms with E-state index in [1.807, 2.05) is 0 Å². The second-order valence-corrected chi connectivity index (χ2v) is 7.32. The molecule has 2 aromatic rings. The van der Waals surface area contributed by atoms with Gasteiger partial charge in [-0.2, -0.15) is 13.9 Å². The minimum Gasteiger partial charge on any atom is -0.489 e. The second-order valence-electron chi connectivity index (χ2n) is 6.66. The van der Waals surface area contributed by atoms with Gasteiger partial charge in [0.2, 0.25) is 0 Å². The van der Waals surface area contributed by atoms with Crippen molar-refractivity contribution in [2.75, 3.05) is 6.54 Å². The summed E-state index contributed by atoms with van der Waals surface area (Å²) >= 11 is 0. The molecule has 2 atom stereocenters. The molecule has 1 aromatic carbocycles. The summed E-state index contributed by atoms with van der Waals surface area (Å²) in [6, 6.07) is 5.74. The fourth-order valence-electron chi connectivity index (χ4n) is 2.73. The molecule has 0 spiro atoms. The number of benzene rings is 1. The Bertz CT molecular complexity index is 867. The fourth-order valence-corrected chi connectivity index (χ4v) is 2.97. The lowest BCUT2D eigenvalue weighted by Crippen LogP contribution is -2.54. The van der Waals surface area contributed by atoms with Gasteiger partial charge in [-0.3, -0.25) is 9.99 Å². The fraction of sp³-hybridized carbons (Fsp3) is 0.333. The average Bonchev–Trinajstić information content (AvgIpc) is 2.61. The van der Waals surface area contributed by atoms with E-state index in [0.717, 1.165) is 30.7 Å². The van der Waals surface area contributed by atoms with Crippen LogP contribution >= 0.6 is 9.24 Å². The van der Waals surface area contributed by atoms with Crippen LogP contribution in [0.4, 0.5) is 13.2 Å². The van der Waals surface area contributed by atoms with E-state index in [4.69, 9.17) is 16.4 Å². The first-order chi connectivity index (χ1) is 13.5. The van der Waals surface area contributed by atoms with E-state index in [-0.39, 0.29) is 11.9 Å². The lowest BCUT2D eigenvalue weighted by molar-refractivity contribution is -0.203. The first kappa shape index (κ1) is 22.9. The standard InChI is InChI=1S/C18H23F3N5O2P/c1-11(2)28-12-3-6-16(24-8-12)18(20,21)17(27,9-26(23)10-25-22)14-5-4-13(29)7-15(14)19/h3-8,10-11,27H,9,22-23,29H2,1-2H3/b25-10-. The Morgan fingerprint density at radius 1 is 1.34 bits per heavy atom. The molecule has 0 fully saturated rings. The van der Waals surface area contributed by atoms with Gasteiger partial charge in [0.15, 0.2) is 5.60 Å². The number of aliphatic hydroxyl groups is 1. The SMILES string of the molecule is CC(C)Oc1ccc(C(F)(F)C(O)(CN(N)/C=N\N)c2ccc(P)cc2F)nc1. The first-order valence-corrected chi connectivity index (χ1v) is 9.12. The minimum atomic E-state index is -4.04. The molecule has 0 amide bonds.